The van der Waals surface area contributed by atoms with Gasteiger partial charge in [-0.15, -0.1) is 0 Å². The zero-order valence-corrected chi connectivity index (χ0v) is 15.4. The molecule has 1 heteroatoms. The molecule has 0 bridgehead atoms. The number of hydrogen-bond donors (Lipinski definition) is 0. The maximum atomic E-state index is 2.38. The molecule has 0 saturated heterocycles. The van der Waals surface area contributed by atoms with Gasteiger partial charge in [0.05, 0.1) is 5.52 Å². The molecule has 0 saturated carbocycles. The average molecular weight is 347 g/mol. The normalized spacial score (nSPS) is 11.3. The van der Waals surface area contributed by atoms with E-state index in [0.29, 0.717) is 0 Å². The van der Waals surface area contributed by atoms with Crippen molar-refractivity contribution in [3.63, 3.8) is 0 Å². The molecule has 0 atom stereocenters. The quantitative estimate of drug-likeness (QED) is 0.343. The van der Waals surface area contributed by atoms with E-state index in [-0.39, 0.29) is 0 Å². The van der Waals surface area contributed by atoms with Crippen molar-refractivity contribution in [2.75, 3.05) is 0 Å². The van der Waals surface area contributed by atoms with Crippen LogP contribution >= 0.6 is 0 Å². The molecule has 0 aliphatic heterocycles. The molecule has 130 valence electrons. The van der Waals surface area contributed by atoms with Crippen molar-refractivity contribution in [2.45, 2.75) is 13.3 Å². The Morgan fingerprint density at radius 1 is 0.630 bits per heavy atom. The third-order valence-electron chi connectivity index (χ3n) is 5.50. The molecule has 1 aromatic heterocycles. The molecule has 0 amide bonds. The molecule has 0 N–H and O–H groups in total. The van der Waals surface area contributed by atoms with Crippen molar-refractivity contribution in [1.29, 1.82) is 0 Å². The third kappa shape index (κ3) is 2.63. The summed E-state index contributed by atoms with van der Waals surface area (Å²) in [6.45, 7) is 2.24. The predicted octanol–water partition coefficient (Wildman–Crippen LogP) is 6.68. The van der Waals surface area contributed by atoms with Gasteiger partial charge in [0, 0.05) is 23.2 Å². The maximum Gasteiger partial charge on any atom is 0.0534 e. The molecule has 0 aliphatic rings. The second-order valence-electron chi connectivity index (χ2n) is 7.07. The number of para-hydroxylation sites is 2. The fourth-order valence-corrected chi connectivity index (χ4v) is 4.20. The van der Waals surface area contributed by atoms with Gasteiger partial charge in [-0.1, -0.05) is 78.9 Å². The molecule has 0 unspecified atom stereocenters. The highest BCUT2D eigenvalue weighted by Gasteiger charge is 2.16. The SMILES string of the molecule is Cc1c(Cc2cccc3ccccc23)c2ccccc2n1-c1ccccc1. The molecule has 1 nitrogen and oxygen atoms in total. The van der Waals surface area contributed by atoms with E-state index in [4.69, 9.17) is 0 Å². The van der Waals surface area contributed by atoms with Gasteiger partial charge in [0.25, 0.3) is 0 Å². The second kappa shape index (κ2) is 6.44. The summed E-state index contributed by atoms with van der Waals surface area (Å²) in [6, 6.07) is 34.7. The van der Waals surface area contributed by atoms with Crippen LogP contribution in [-0.4, -0.2) is 4.57 Å². The summed E-state index contributed by atoms with van der Waals surface area (Å²) in [4.78, 5) is 0. The third-order valence-corrected chi connectivity index (χ3v) is 5.50. The van der Waals surface area contributed by atoms with E-state index in [1.807, 2.05) is 0 Å². The Kier molecular flexibility index (Phi) is 3.79. The van der Waals surface area contributed by atoms with Crippen LogP contribution in [0.25, 0.3) is 27.4 Å². The highest BCUT2D eigenvalue weighted by atomic mass is 15.0. The Bertz CT molecular complexity index is 1240. The van der Waals surface area contributed by atoms with Gasteiger partial charge < -0.3 is 4.57 Å². The fourth-order valence-electron chi connectivity index (χ4n) is 4.20. The summed E-state index contributed by atoms with van der Waals surface area (Å²) in [5.41, 5.74) is 6.60. The summed E-state index contributed by atoms with van der Waals surface area (Å²) in [5.74, 6) is 0. The van der Waals surface area contributed by atoms with Crippen LogP contribution in [0, 0.1) is 6.92 Å². The number of aromatic nitrogens is 1. The Labute approximate surface area is 159 Å². The number of nitrogens with zero attached hydrogens (tertiary/aromatic N) is 1. The smallest absolute Gasteiger partial charge is 0.0534 e. The van der Waals surface area contributed by atoms with Crippen molar-refractivity contribution in [2.24, 2.45) is 0 Å². The van der Waals surface area contributed by atoms with E-state index in [0.717, 1.165) is 6.42 Å². The van der Waals surface area contributed by atoms with Crippen molar-refractivity contribution < 1.29 is 0 Å². The van der Waals surface area contributed by atoms with Crippen LogP contribution in [0.15, 0.2) is 97.1 Å². The maximum absolute atomic E-state index is 2.38. The minimum absolute atomic E-state index is 0.938. The van der Waals surface area contributed by atoms with E-state index in [1.54, 1.807) is 0 Å². The number of rotatable bonds is 3. The highest BCUT2D eigenvalue weighted by molar-refractivity contribution is 5.90. The molecule has 27 heavy (non-hydrogen) atoms. The summed E-state index contributed by atoms with van der Waals surface area (Å²) < 4.78 is 2.38. The molecule has 5 rings (SSSR count). The van der Waals surface area contributed by atoms with Crippen molar-refractivity contribution in [3.05, 3.63) is 114 Å². The monoisotopic (exact) mass is 347 g/mol. The molecule has 4 aromatic carbocycles. The Hall–Kier alpha value is -3.32. The lowest BCUT2D eigenvalue weighted by Gasteiger charge is -2.10. The van der Waals surface area contributed by atoms with Crippen LogP contribution in [-0.2, 0) is 6.42 Å². The Morgan fingerprint density at radius 3 is 2.15 bits per heavy atom. The first-order chi connectivity index (χ1) is 13.3. The van der Waals surface area contributed by atoms with E-state index in [9.17, 15) is 0 Å². The zero-order valence-electron chi connectivity index (χ0n) is 15.4. The van der Waals surface area contributed by atoms with E-state index in [1.165, 1.54) is 44.2 Å². The van der Waals surface area contributed by atoms with E-state index < -0.39 is 0 Å². The largest absolute Gasteiger partial charge is 0.314 e. The first-order valence-corrected chi connectivity index (χ1v) is 9.44. The summed E-state index contributed by atoms with van der Waals surface area (Å²) in [5, 5.41) is 3.99. The van der Waals surface area contributed by atoms with Crippen LogP contribution in [0.4, 0.5) is 0 Å². The van der Waals surface area contributed by atoms with Gasteiger partial charge in [-0.2, -0.15) is 0 Å². The Balaban J connectivity index is 1.73. The van der Waals surface area contributed by atoms with Crippen molar-refractivity contribution >= 4 is 21.7 Å². The molecule has 0 spiro atoms. The van der Waals surface area contributed by atoms with Gasteiger partial charge in [0.1, 0.15) is 0 Å². The minimum atomic E-state index is 0.938. The van der Waals surface area contributed by atoms with Crippen molar-refractivity contribution in [3.8, 4) is 5.69 Å². The molecule has 5 aromatic rings. The second-order valence-corrected chi connectivity index (χ2v) is 7.07. The van der Waals surface area contributed by atoms with Crippen LogP contribution in [0.3, 0.4) is 0 Å². The molecular weight excluding hydrogens is 326 g/mol. The Morgan fingerprint density at radius 2 is 1.30 bits per heavy atom. The molecular formula is C26H21N. The fraction of sp³-hybridized carbons (Fsp3) is 0.0769. The zero-order chi connectivity index (χ0) is 18.2. The number of fused-ring (bicyclic) bond motifs is 2. The lowest BCUT2D eigenvalue weighted by molar-refractivity contribution is 1.02. The highest BCUT2D eigenvalue weighted by Crippen LogP contribution is 2.32. The molecule has 0 aliphatic carbocycles. The van der Waals surface area contributed by atoms with Gasteiger partial charge in [0.2, 0.25) is 0 Å². The van der Waals surface area contributed by atoms with Crippen LogP contribution in [0.2, 0.25) is 0 Å². The van der Waals surface area contributed by atoms with Gasteiger partial charge in [0.15, 0.2) is 0 Å². The minimum Gasteiger partial charge on any atom is -0.314 e. The molecule has 1 heterocycles. The number of hydrogen-bond acceptors (Lipinski definition) is 0. The van der Waals surface area contributed by atoms with Gasteiger partial charge in [-0.25, -0.2) is 0 Å². The van der Waals surface area contributed by atoms with Gasteiger partial charge in [-0.3, -0.25) is 0 Å². The van der Waals surface area contributed by atoms with E-state index >= 15 is 0 Å². The number of benzene rings is 4. The molecule has 0 fully saturated rings. The van der Waals surface area contributed by atoms with Crippen LogP contribution in [0.5, 0.6) is 0 Å². The van der Waals surface area contributed by atoms with Gasteiger partial charge >= 0.3 is 0 Å². The predicted molar refractivity (Wildman–Crippen MR) is 115 cm³/mol. The van der Waals surface area contributed by atoms with Crippen LogP contribution < -0.4 is 0 Å². The van der Waals surface area contributed by atoms with Crippen LogP contribution in [0.1, 0.15) is 16.8 Å². The van der Waals surface area contributed by atoms with E-state index in [2.05, 4.69) is 109 Å². The lowest BCUT2D eigenvalue weighted by Crippen LogP contribution is -1.98. The summed E-state index contributed by atoms with van der Waals surface area (Å²) >= 11 is 0. The average Bonchev–Trinajstić information content (AvgIpc) is 3.00. The topological polar surface area (TPSA) is 4.93 Å². The van der Waals surface area contributed by atoms with Crippen molar-refractivity contribution in [1.82, 2.24) is 4.57 Å². The summed E-state index contributed by atoms with van der Waals surface area (Å²) in [7, 11) is 0. The summed E-state index contributed by atoms with van der Waals surface area (Å²) in [6.07, 6.45) is 0.938. The molecule has 0 radical (unpaired) electrons. The first kappa shape index (κ1) is 15.9. The lowest BCUT2D eigenvalue weighted by atomic mass is 9.97. The first-order valence-electron chi connectivity index (χ1n) is 9.44. The standard InChI is InChI=1S/C26H21N/c1-19-25(18-21-12-9-11-20-10-5-6-15-23(20)21)24-16-7-8-17-26(24)27(19)22-13-3-2-4-14-22/h2-17H,18H2,1H3. The van der Waals surface area contributed by atoms with Gasteiger partial charge in [-0.05, 0) is 47.0 Å².